The average molecular weight is 513 g/mol. The number of ketones is 1. The summed E-state index contributed by atoms with van der Waals surface area (Å²) in [4.78, 5) is 27.3. The molecule has 0 saturated carbocycles. The highest BCUT2D eigenvalue weighted by molar-refractivity contribution is 6.06. The molecule has 2 N–H and O–H groups in total. The van der Waals surface area contributed by atoms with Gasteiger partial charge in [0.2, 0.25) is 0 Å². The van der Waals surface area contributed by atoms with Crippen molar-refractivity contribution in [1.29, 1.82) is 5.41 Å². The molecule has 2 aliphatic rings. The number of nitrogens with one attached hydrogen (secondary N) is 1. The molecule has 0 radical (unpaired) electrons. The maximum atomic E-state index is 15.4. The number of unbranched alkanes of at least 4 members (excludes halogenated alkanes) is 1. The summed E-state index contributed by atoms with van der Waals surface area (Å²) in [6, 6.07) is 6.52. The third-order valence-corrected chi connectivity index (χ3v) is 7.19. The van der Waals surface area contributed by atoms with Gasteiger partial charge in [-0.3, -0.25) is 15.0 Å². The molecular formula is C28H33FN2O6. The molecule has 0 aromatic heterocycles. The fraction of sp³-hybridized carbons (Fsp3) is 0.464. The topological polar surface area (TPSA) is 109 Å². The number of rotatable bonds is 11. The van der Waals surface area contributed by atoms with Gasteiger partial charge in [-0.1, -0.05) is 19.8 Å². The van der Waals surface area contributed by atoms with Gasteiger partial charge in [-0.05, 0) is 57.0 Å². The van der Waals surface area contributed by atoms with Gasteiger partial charge in [0.05, 0.1) is 25.3 Å². The number of carbonyl (C=O) groups excluding carboxylic acids is 1. The standard InChI is InChI=1S/C28H33FN2O6/c1-5-8-11-28(27(33)34)16(4)37-21-10-9-17(12-19(21)28)20(32)15-31-14-18-13-22(35-6-2)25(36-7-3)24(29)23(18)26(31)30/h9-10,12-13,16,30H,5-8,11,14-15H2,1-4H3,(H,33,34). The van der Waals surface area contributed by atoms with Gasteiger partial charge in [0.15, 0.2) is 23.1 Å². The summed E-state index contributed by atoms with van der Waals surface area (Å²) in [7, 11) is 0. The van der Waals surface area contributed by atoms with Crippen LogP contribution in [0, 0.1) is 11.2 Å². The first kappa shape index (κ1) is 26.4. The van der Waals surface area contributed by atoms with Crippen LogP contribution in [0.25, 0.3) is 0 Å². The predicted molar refractivity (Wildman–Crippen MR) is 136 cm³/mol. The highest BCUT2D eigenvalue weighted by Crippen LogP contribution is 2.47. The molecule has 9 heteroatoms. The fourth-order valence-corrected chi connectivity index (χ4v) is 5.28. The van der Waals surface area contributed by atoms with Crippen LogP contribution in [0.2, 0.25) is 0 Å². The molecule has 2 aromatic rings. The maximum absolute atomic E-state index is 15.4. The van der Waals surface area contributed by atoms with Gasteiger partial charge in [-0.15, -0.1) is 0 Å². The van der Waals surface area contributed by atoms with Crippen molar-refractivity contribution in [3.63, 3.8) is 0 Å². The third kappa shape index (κ3) is 4.40. The molecule has 0 bridgehead atoms. The van der Waals surface area contributed by atoms with Gasteiger partial charge in [-0.2, -0.15) is 0 Å². The van der Waals surface area contributed by atoms with E-state index in [0.29, 0.717) is 41.9 Å². The second kappa shape index (κ2) is 10.4. The lowest BCUT2D eigenvalue weighted by atomic mass is 9.73. The second-order valence-corrected chi connectivity index (χ2v) is 9.40. The summed E-state index contributed by atoms with van der Waals surface area (Å²) in [5, 5.41) is 18.8. The second-order valence-electron chi connectivity index (χ2n) is 9.40. The van der Waals surface area contributed by atoms with Crippen LogP contribution in [-0.4, -0.2) is 53.5 Å². The van der Waals surface area contributed by atoms with E-state index >= 15 is 4.39 Å². The Bertz CT molecular complexity index is 1250. The van der Waals surface area contributed by atoms with Crippen molar-refractivity contribution in [1.82, 2.24) is 4.90 Å². The SMILES string of the molecule is CCCCC1(C(=O)O)c2cc(C(=O)CN3Cc4cc(OCC)c(OCC)c(F)c4C3=N)ccc2OC1C. The average Bonchev–Trinajstić information content (AvgIpc) is 3.33. The number of hydrogen-bond acceptors (Lipinski definition) is 6. The highest BCUT2D eigenvalue weighted by atomic mass is 19.1. The highest BCUT2D eigenvalue weighted by Gasteiger charge is 2.52. The van der Waals surface area contributed by atoms with E-state index < -0.39 is 23.3 Å². The van der Waals surface area contributed by atoms with Crippen molar-refractivity contribution in [3.8, 4) is 17.2 Å². The smallest absolute Gasteiger partial charge is 0.318 e. The molecule has 2 unspecified atom stereocenters. The van der Waals surface area contributed by atoms with Crippen molar-refractivity contribution < 1.29 is 33.3 Å². The summed E-state index contributed by atoms with van der Waals surface area (Å²) < 4.78 is 32.2. The van der Waals surface area contributed by atoms with Gasteiger partial charge >= 0.3 is 5.97 Å². The Morgan fingerprint density at radius 3 is 2.59 bits per heavy atom. The van der Waals surface area contributed by atoms with Crippen molar-refractivity contribution in [2.75, 3.05) is 19.8 Å². The van der Waals surface area contributed by atoms with Gasteiger partial charge < -0.3 is 24.2 Å². The molecule has 0 spiro atoms. The van der Waals surface area contributed by atoms with Crippen LogP contribution in [-0.2, 0) is 16.8 Å². The number of amidine groups is 1. The van der Waals surface area contributed by atoms with Crippen LogP contribution < -0.4 is 14.2 Å². The maximum Gasteiger partial charge on any atom is 0.318 e. The van der Waals surface area contributed by atoms with Crippen molar-refractivity contribution in [2.24, 2.45) is 0 Å². The number of fused-ring (bicyclic) bond motifs is 2. The molecule has 0 amide bonds. The molecule has 37 heavy (non-hydrogen) atoms. The van der Waals surface area contributed by atoms with Crippen LogP contribution >= 0.6 is 0 Å². The molecule has 0 saturated heterocycles. The molecule has 2 aliphatic heterocycles. The Labute approximate surface area is 215 Å². The van der Waals surface area contributed by atoms with Crippen LogP contribution in [0.3, 0.4) is 0 Å². The van der Waals surface area contributed by atoms with E-state index in [2.05, 4.69) is 0 Å². The summed E-state index contributed by atoms with van der Waals surface area (Å²) >= 11 is 0. The molecule has 8 nitrogen and oxygen atoms in total. The Morgan fingerprint density at radius 1 is 1.22 bits per heavy atom. The van der Waals surface area contributed by atoms with Crippen molar-refractivity contribution >= 4 is 17.6 Å². The van der Waals surface area contributed by atoms with Crippen LogP contribution in [0.15, 0.2) is 24.3 Å². The lowest BCUT2D eigenvalue weighted by molar-refractivity contribution is -0.146. The number of halogens is 1. The number of nitrogens with zero attached hydrogens (tertiary/aromatic N) is 1. The van der Waals surface area contributed by atoms with Gasteiger partial charge in [0.25, 0.3) is 0 Å². The zero-order valence-electron chi connectivity index (χ0n) is 21.7. The number of carbonyl (C=O) groups is 2. The zero-order valence-corrected chi connectivity index (χ0v) is 21.7. The van der Waals surface area contributed by atoms with E-state index in [1.807, 2.05) is 6.92 Å². The lowest BCUT2D eigenvalue weighted by Crippen LogP contribution is -2.43. The third-order valence-electron chi connectivity index (χ3n) is 7.19. The Kier molecular flexibility index (Phi) is 7.43. The van der Waals surface area contributed by atoms with Gasteiger partial charge in [-0.25, -0.2) is 4.39 Å². The summed E-state index contributed by atoms with van der Waals surface area (Å²) in [5.74, 6) is -1.35. The van der Waals surface area contributed by atoms with Crippen LogP contribution in [0.4, 0.5) is 4.39 Å². The number of ether oxygens (including phenoxy) is 3. The van der Waals surface area contributed by atoms with E-state index in [9.17, 15) is 14.7 Å². The van der Waals surface area contributed by atoms with E-state index in [4.69, 9.17) is 19.6 Å². The van der Waals surface area contributed by atoms with E-state index in [1.54, 1.807) is 45.0 Å². The molecule has 198 valence electrons. The number of benzene rings is 2. The van der Waals surface area contributed by atoms with Gasteiger partial charge in [0, 0.05) is 17.7 Å². The van der Waals surface area contributed by atoms with Crippen molar-refractivity contribution in [2.45, 2.75) is 65.0 Å². The molecule has 0 fully saturated rings. The Balaban J connectivity index is 1.61. The quantitative estimate of drug-likeness (QED) is 0.411. The van der Waals surface area contributed by atoms with E-state index in [1.165, 1.54) is 4.90 Å². The van der Waals surface area contributed by atoms with E-state index in [-0.39, 0.29) is 48.4 Å². The Hall–Kier alpha value is -3.62. The summed E-state index contributed by atoms with van der Waals surface area (Å²) in [6.07, 6.45) is 1.38. The molecule has 0 aliphatic carbocycles. The number of aliphatic carboxylic acids is 1. The number of hydrogen-bond donors (Lipinski definition) is 2. The first-order valence-corrected chi connectivity index (χ1v) is 12.7. The van der Waals surface area contributed by atoms with Gasteiger partial charge in [0.1, 0.15) is 23.1 Å². The predicted octanol–water partition coefficient (Wildman–Crippen LogP) is 4.94. The minimum atomic E-state index is -1.23. The lowest BCUT2D eigenvalue weighted by Gasteiger charge is -2.28. The van der Waals surface area contributed by atoms with Crippen LogP contribution in [0.5, 0.6) is 17.2 Å². The first-order valence-electron chi connectivity index (χ1n) is 12.7. The summed E-state index contributed by atoms with van der Waals surface area (Å²) in [6.45, 7) is 7.85. The molecule has 2 heterocycles. The zero-order chi connectivity index (χ0) is 26.9. The monoisotopic (exact) mass is 512 g/mol. The fourth-order valence-electron chi connectivity index (χ4n) is 5.28. The van der Waals surface area contributed by atoms with Crippen molar-refractivity contribution in [3.05, 3.63) is 52.3 Å². The number of carboxylic acid groups (broad SMARTS) is 1. The number of carboxylic acids is 1. The number of Topliss-reactive ketones (excluding diaryl/α,β-unsaturated/α-hetero) is 1. The molecule has 2 aromatic carbocycles. The minimum absolute atomic E-state index is 0.0362. The van der Waals surface area contributed by atoms with Crippen LogP contribution in [0.1, 0.15) is 74.0 Å². The van der Waals surface area contributed by atoms with E-state index in [0.717, 1.165) is 6.42 Å². The molecular weight excluding hydrogens is 479 g/mol. The Morgan fingerprint density at radius 2 is 1.95 bits per heavy atom. The molecule has 4 rings (SSSR count). The molecule has 2 atom stereocenters. The summed E-state index contributed by atoms with van der Waals surface area (Å²) in [5.41, 5.74) is 0.239. The largest absolute Gasteiger partial charge is 0.490 e. The normalized spacial score (nSPS) is 19.9. The first-order chi connectivity index (χ1) is 17.7. The minimum Gasteiger partial charge on any atom is -0.490 e.